The van der Waals surface area contributed by atoms with E-state index in [1.807, 2.05) is 13.8 Å². The summed E-state index contributed by atoms with van der Waals surface area (Å²) < 4.78 is 37.5. The molecule has 2 saturated heterocycles. The highest BCUT2D eigenvalue weighted by Gasteiger charge is 2.31. The summed E-state index contributed by atoms with van der Waals surface area (Å²) in [6.45, 7) is 7.11. The van der Waals surface area contributed by atoms with Crippen molar-refractivity contribution in [3.63, 3.8) is 0 Å². The fraction of sp³-hybridized carbons (Fsp3) is 0.560. The fourth-order valence-electron chi connectivity index (χ4n) is 4.09. The van der Waals surface area contributed by atoms with E-state index in [0.717, 1.165) is 32.3 Å². The van der Waals surface area contributed by atoms with Crippen LogP contribution >= 0.6 is 0 Å². The Bertz CT molecular complexity index is 1020. The molecule has 2 atom stereocenters. The second kappa shape index (κ2) is 11.5. The van der Waals surface area contributed by atoms with Gasteiger partial charge in [-0.2, -0.15) is 0 Å². The van der Waals surface area contributed by atoms with Crippen LogP contribution in [-0.2, 0) is 9.47 Å². The van der Waals surface area contributed by atoms with E-state index in [4.69, 9.17) is 18.9 Å². The summed E-state index contributed by atoms with van der Waals surface area (Å²) in [5.41, 5.74) is 0.857. The third kappa shape index (κ3) is 6.50. The van der Waals surface area contributed by atoms with E-state index in [0.29, 0.717) is 42.6 Å². The number of hydrogen-bond donors (Lipinski definition) is 1. The summed E-state index contributed by atoms with van der Waals surface area (Å²) in [4.78, 5) is 22.6. The molecule has 2 aromatic rings. The van der Waals surface area contributed by atoms with E-state index < -0.39 is 18.1 Å². The van der Waals surface area contributed by atoms with Crippen LogP contribution in [0.4, 0.5) is 20.7 Å². The topological polar surface area (TPSA) is 95.0 Å². The molecule has 3 heterocycles. The molecular weight excluding hydrogens is 455 g/mol. The Labute approximate surface area is 204 Å². The number of nitrogens with one attached hydrogen (secondary N) is 1. The van der Waals surface area contributed by atoms with Crippen molar-refractivity contribution in [1.82, 2.24) is 14.9 Å². The van der Waals surface area contributed by atoms with Gasteiger partial charge < -0.3 is 24.3 Å². The van der Waals surface area contributed by atoms with E-state index in [1.54, 1.807) is 24.0 Å². The Morgan fingerprint density at radius 1 is 1.26 bits per heavy atom. The van der Waals surface area contributed by atoms with Crippen LogP contribution in [0.3, 0.4) is 0 Å². The molecule has 9 nitrogen and oxygen atoms in total. The number of halogens is 1. The average Bonchev–Trinajstić information content (AvgIpc) is 3.35. The van der Waals surface area contributed by atoms with Gasteiger partial charge in [-0.05, 0) is 58.6 Å². The van der Waals surface area contributed by atoms with Crippen molar-refractivity contribution >= 4 is 17.6 Å². The molecular formula is C25H33FN4O5. The van der Waals surface area contributed by atoms with Gasteiger partial charge in [0.1, 0.15) is 30.3 Å². The van der Waals surface area contributed by atoms with Crippen LogP contribution in [0, 0.1) is 12.7 Å². The van der Waals surface area contributed by atoms with E-state index in [1.165, 1.54) is 12.4 Å². The molecule has 1 aromatic heterocycles. The highest BCUT2D eigenvalue weighted by molar-refractivity contribution is 5.68. The first-order valence-electron chi connectivity index (χ1n) is 12.2. The maximum atomic E-state index is 14.8. The number of hydrogen-bond acceptors (Lipinski definition) is 8. The van der Waals surface area contributed by atoms with Gasteiger partial charge in [0.15, 0.2) is 6.23 Å². The summed E-state index contributed by atoms with van der Waals surface area (Å²) in [6.07, 6.45) is 4.75. The van der Waals surface area contributed by atoms with Gasteiger partial charge in [0, 0.05) is 25.6 Å². The molecule has 1 amide bonds. The maximum absolute atomic E-state index is 14.8. The lowest BCUT2D eigenvalue weighted by Gasteiger charge is -2.35. The van der Waals surface area contributed by atoms with Gasteiger partial charge in [-0.15, -0.1) is 0 Å². The monoisotopic (exact) mass is 488 g/mol. The Kier molecular flexibility index (Phi) is 8.22. The van der Waals surface area contributed by atoms with E-state index >= 15 is 0 Å². The number of benzene rings is 1. The van der Waals surface area contributed by atoms with Crippen molar-refractivity contribution in [3.8, 4) is 11.6 Å². The van der Waals surface area contributed by atoms with Gasteiger partial charge in [-0.25, -0.2) is 19.2 Å². The molecule has 0 spiro atoms. The predicted octanol–water partition coefficient (Wildman–Crippen LogP) is 4.96. The molecule has 0 radical (unpaired) electrons. The van der Waals surface area contributed by atoms with Gasteiger partial charge in [0.25, 0.3) is 0 Å². The Balaban J connectivity index is 1.42. The molecule has 0 bridgehead atoms. The second-order valence-electron chi connectivity index (χ2n) is 9.06. The van der Waals surface area contributed by atoms with Crippen molar-refractivity contribution < 1.29 is 28.1 Å². The lowest BCUT2D eigenvalue weighted by atomic mass is 10.1. The van der Waals surface area contributed by atoms with Crippen LogP contribution in [-0.4, -0.2) is 59.2 Å². The zero-order chi connectivity index (χ0) is 24.8. The van der Waals surface area contributed by atoms with Crippen LogP contribution in [0.2, 0.25) is 0 Å². The number of anilines is 2. The maximum Gasteiger partial charge on any atom is 0.412 e. The number of ether oxygens (including phenoxy) is 4. The number of likely N-dealkylation sites (tertiary alicyclic amines) is 1. The molecule has 190 valence electrons. The van der Waals surface area contributed by atoms with E-state index in [-0.39, 0.29) is 17.9 Å². The number of nitrogens with zero attached hydrogens (tertiary/aromatic N) is 3. The Hall–Kier alpha value is -3.14. The number of carbonyl (C=O) groups is 1. The Morgan fingerprint density at radius 3 is 2.86 bits per heavy atom. The number of carbonyl (C=O) groups excluding carboxylic acids is 1. The zero-order valence-electron chi connectivity index (χ0n) is 20.5. The minimum Gasteiger partial charge on any atom is -0.491 e. The number of rotatable bonds is 8. The quantitative estimate of drug-likeness (QED) is 0.557. The van der Waals surface area contributed by atoms with Crippen molar-refractivity contribution in [2.75, 3.05) is 25.1 Å². The summed E-state index contributed by atoms with van der Waals surface area (Å²) >= 11 is 0. The fourth-order valence-corrected chi connectivity index (χ4v) is 4.09. The van der Waals surface area contributed by atoms with Crippen molar-refractivity contribution in [1.29, 1.82) is 0 Å². The summed E-state index contributed by atoms with van der Waals surface area (Å²) in [5.74, 6) is 0.713. The van der Waals surface area contributed by atoms with E-state index in [2.05, 4.69) is 15.3 Å². The lowest BCUT2D eigenvalue weighted by Crippen LogP contribution is -2.47. The SMILES string of the molecule is Cc1c(Nc2ccc(OCC3CCCO3)cc2F)ncnc1OC1CCCCN1C(=O)OC(C)C. The van der Waals surface area contributed by atoms with Gasteiger partial charge in [0.05, 0.1) is 23.5 Å². The summed E-state index contributed by atoms with van der Waals surface area (Å²) in [5, 5.41) is 3.01. The highest BCUT2D eigenvalue weighted by atomic mass is 19.1. The van der Waals surface area contributed by atoms with Gasteiger partial charge >= 0.3 is 6.09 Å². The van der Waals surface area contributed by atoms with Crippen LogP contribution in [0.25, 0.3) is 0 Å². The molecule has 1 aromatic carbocycles. The van der Waals surface area contributed by atoms with Crippen LogP contribution < -0.4 is 14.8 Å². The molecule has 2 aliphatic rings. The largest absolute Gasteiger partial charge is 0.491 e. The van der Waals surface area contributed by atoms with Gasteiger partial charge in [-0.3, -0.25) is 4.90 Å². The summed E-state index contributed by atoms with van der Waals surface area (Å²) in [7, 11) is 0. The molecule has 35 heavy (non-hydrogen) atoms. The number of amides is 1. The molecule has 2 fully saturated rings. The number of aromatic nitrogens is 2. The van der Waals surface area contributed by atoms with Gasteiger partial charge in [0.2, 0.25) is 5.88 Å². The van der Waals surface area contributed by atoms with Crippen LogP contribution in [0.1, 0.15) is 51.5 Å². The molecule has 4 rings (SSSR count). The average molecular weight is 489 g/mol. The van der Waals surface area contributed by atoms with Gasteiger partial charge in [-0.1, -0.05) is 0 Å². The predicted molar refractivity (Wildman–Crippen MR) is 128 cm³/mol. The smallest absolute Gasteiger partial charge is 0.412 e. The third-order valence-electron chi connectivity index (χ3n) is 5.96. The second-order valence-corrected chi connectivity index (χ2v) is 9.06. The first kappa shape index (κ1) is 25.0. The normalized spacial score (nSPS) is 20.1. The molecule has 10 heteroatoms. The first-order chi connectivity index (χ1) is 16.9. The lowest BCUT2D eigenvalue weighted by molar-refractivity contribution is -0.0166. The minimum atomic E-state index is -0.492. The Morgan fingerprint density at radius 2 is 2.11 bits per heavy atom. The van der Waals surface area contributed by atoms with Crippen molar-refractivity contribution in [2.45, 2.75) is 71.3 Å². The molecule has 0 aliphatic carbocycles. The third-order valence-corrected chi connectivity index (χ3v) is 5.96. The summed E-state index contributed by atoms with van der Waals surface area (Å²) in [6, 6.07) is 4.65. The molecule has 0 saturated carbocycles. The van der Waals surface area contributed by atoms with E-state index in [9.17, 15) is 9.18 Å². The van der Waals surface area contributed by atoms with Crippen molar-refractivity contribution in [2.24, 2.45) is 0 Å². The van der Waals surface area contributed by atoms with Crippen LogP contribution in [0.15, 0.2) is 24.5 Å². The first-order valence-corrected chi connectivity index (χ1v) is 12.2. The minimum absolute atomic E-state index is 0.0604. The standard InChI is InChI=1S/C25H33FN4O5/c1-16(2)34-25(31)30-11-5-4-8-22(30)35-24-17(3)23(27-15-28-24)29-21-10-9-18(13-20(21)26)33-14-19-7-6-12-32-19/h9-10,13,15-16,19,22H,4-8,11-12,14H2,1-3H3,(H,27,28,29). The highest BCUT2D eigenvalue weighted by Crippen LogP contribution is 2.30. The van der Waals surface area contributed by atoms with Crippen LogP contribution in [0.5, 0.6) is 11.6 Å². The molecule has 2 unspecified atom stereocenters. The molecule has 2 aliphatic heterocycles. The molecule has 1 N–H and O–H groups in total. The van der Waals surface area contributed by atoms with Crippen molar-refractivity contribution in [3.05, 3.63) is 35.9 Å². The number of piperidine rings is 1. The zero-order valence-corrected chi connectivity index (χ0v) is 20.5.